The molecular formula is C12H17ClFNO2. The lowest BCUT2D eigenvalue weighted by Crippen LogP contribution is -2.30. The second kappa shape index (κ2) is 7.61. The Kier molecular flexibility index (Phi) is 6.44. The van der Waals surface area contributed by atoms with Gasteiger partial charge in [0.25, 0.3) is 0 Å². The first-order chi connectivity index (χ1) is 8.17. The van der Waals surface area contributed by atoms with Crippen molar-refractivity contribution in [2.45, 2.75) is 6.54 Å². The molecule has 0 fully saturated rings. The summed E-state index contributed by atoms with van der Waals surface area (Å²) in [6.07, 6.45) is 0. The quantitative estimate of drug-likeness (QED) is 0.814. The Morgan fingerprint density at radius 3 is 2.82 bits per heavy atom. The van der Waals surface area contributed by atoms with Crippen molar-refractivity contribution in [3.8, 4) is 0 Å². The molecule has 0 unspecified atom stereocenters. The number of benzene rings is 1. The molecule has 0 heterocycles. The number of halogens is 2. The number of ether oxygens (including phenoxy) is 1. The third-order valence-electron chi connectivity index (χ3n) is 2.43. The van der Waals surface area contributed by atoms with Crippen LogP contribution >= 0.6 is 11.6 Å². The van der Waals surface area contributed by atoms with Crippen LogP contribution in [0.4, 0.5) is 4.39 Å². The van der Waals surface area contributed by atoms with Gasteiger partial charge in [-0.2, -0.15) is 0 Å². The molecule has 1 rings (SSSR count). The zero-order valence-electron chi connectivity index (χ0n) is 9.83. The molecule has 17 heavy (non-hydrogen) atoms. The van der Waals surface area contributed by atoms with Gasteiger partial charge < -0.3 is 9.84 Å². The first kappa shape index (κ1) is 14.4. The molecule has 5 heteroatoms. The maximum absolute atomic E-state index is 13.5. The van der Waals surface area contributed by atoms with Gasteiger partial charge in [-0.25, -0.2) is 4.39 Å². The molecule has 0 bridgehead atoms. The van der Waals surface area contributed by atoms with Crippen LogP contribution < -0.4 is 0 Å². The Hall–Kier alpha value is -0.680. The summed E-state index contributed by atoms with van der Waals surface area (Å²) in [5, 5.41) is 9.45. The standard InChI is InChI=1S/C12H17ClFNO2/c1-17-7-5-15(4-6-16)9-10-8-11(13)2-3-12(10)14/h2-3,8,16H,4-7,9H2,1H3. The zero-order valence-corrected chi connectivity index (χ0v) is 10.6. The monoisotopic (exact) mass is 261 g/mol. The molecule has 0 aliphatic rings. The SMILES string of the molecule is COCCN(CCO)Cc1cc(Cl)ccc1F. The topological polar surface area (TPSA) is 32.7 Å². The Labute approximate surface area is 106 Å². The van der Waals surface area contributed by atoms with Gasteiger partial charge in [0.2, 0.25) is 0 Å². The van der Waals surface area contributed by atoms with E-state index < -0.39 is 0 Å². The number of nitrogens with zero attached hydrogens (tertiary/aromatic N) is 1. The van der Waals surface area contributed by atoms with Crippen LogP contribution in [0.25, 0.3) is 0 Å². The first-order valence-corrected chi connectivity index (χ1v) is 5.81. The molecule has 0 amide bonds. The molecule has 0 aliphatic heterocycles. The maximum Gasteiger partial charge on any atom is 0.127 e. The van der Waals surface area contributed by atoms with Gasteiger partial charge in [0.05, 0.1) is 13.2 Å². The van der Waals surface area contributed by atoms with E-state index in [0.717, 1.165) is 0 Å². The number of rotatable bonds is 7. The average molecular weight is 262 g/mol. The van der Waals surface area contributed by atoms with E-state index >= 15 is 0 Å². The van der Waals surface area contributed by atoms with Crippen LogP contribution in [0.15, 0.2) is 18.2 Å². The van der Waals surface area contributed by atoms with Gasteiger partial charge in [-0.1, -0.05) is 11.6 Å². The van der Waals surface area contributed by atoms with E-state index in [1.807, 2.05) is 4.90 Å². The fraction of sp³-hybridized carbons (Fsp3) is 0.500. The summed E-state index contributed by atoms with van der Waals surface area (Å²) in [6.45, 7) is 2.11. The third kappa shape index (κ3) is 5.00. The number of hydrogen-bond acceptors (Lipinski definition) is 3. The predicted octanol–water partition coefficient (Wildman–Crippen LogP) is 1.92. The summed E-state index contributed by atoms with van der Waals surface area (Å²) in [6, 6.07) is 4.48. The molecule has 96 valence electrons. The molecule has 0 atom stereocenters. The first-order valence-electron chi connectivity index (χ1n) is 5.43. The van der Waals surface area contributed by atoms with Gasteiger partial charge in [-0.05, 0) is 18.2 Å². The average Bonchev–Trinajstić information content (AvgIpc) is 2.31. The van der Waals surface area contributed by atoms with Crippen molar-refractivity contribution in [2.75, 3.05) is 33.4 Å². The third-order valence-corrected chi connectivity index (χ3v) is 2.66. The van der Waals surface area contributed by atoms with E-state index in [0.29, 0.717) is 36.8 Å². The van der Waals surface area contributed by atoms with Gasteiger partial charge in [-0.3, -0.25) is 4.90 Å². The van der Waals surface area contributed by atoms with Crippen LogP contribution in [0.1, 0.15) is 5.56 Å². The number of methoxy groups -OCH3 is 1. The molecule has 0 aromatic heterocycles. The zero-order chi connectivity index (χ0) is 12.7. The largest absolute Gasteiger partial charge is 0.395 e. The summed E-state index contributed by atoms with van der Waals surface area (Å²) in [4.78, 5) is 1.91. The van der Waals surface area contributed by atoms with E-state index in [9.17, 15) is 4.39 Å². The van der Waals surface area contributed by atoms with Gasteiger partial charge >= 0.3 is 0 Å². The van der Waals surface area contributed by atoms with Crippen molar-refractivity contribution in [3.63, 3.8) is 0 Å². The molecule has 1 aromatic rings. The van der Waals surface area contributed by atoms with E-state index in [1.165, 1.54) is 12.1 Å². The Bertz CT molecular complexity index is 349. The van der Waals surface area contributed by atoms with Crippen molar-refractivity contribution in [1.82, 2.24) is 4.90 Å². The highest BCUT2D eigenvalue weighted by atomic mass is 35.5. The highest BCUT2D eigenvalue weighted by molar-refractivity contribution is 6.30. The summed E-state index contributed by atoms with van der Waals surface area (Å²) in [5.41, 5.74) is 0.530. The fourth-order valence-corrected chi connectivity index (χ4v) is 1.73. The van der Waals surface area contributed by atoms with Crippen molar-refractivity contribution in [1.29, 1.82) is 0 Å². The molecule has 3 nitrogen and oxygen atoms in total. The van der Waals surface area contributed by atoms with Gasteiger partial charge in [-0.15, -0.1) is 0 Å². The maximum atomic E-state index is 13.5. The minimum Gasteiger partial charge on any atom is -0.395 e. The molecule has 1 N–H and O–H groups in total. The Morgan fingerprint density at radius 1 is 1.41 bits per heavy atom. The van der Waals surface area contributed by atoms with Crippen LogP contribution in [0.5, 0.6) is 0 Å². The minimum atomic E-state index is -0.283. The lowest BCUT2D eigenvalue weighted by Gasteiger charge is -2.21. The van der Waals surface area contributed by atoms with Crippen molar-refractivity contribution in [2.24, 2.45) is 0 Å². The molecule has 0 spiro atoms. The highest BCUT2D eigenvalue weighted by Crippen LogP contribution is 2.16. The number of aliphatic hydroxyl groups is 1. The highest BCUT2D eigenvalue weighted by Gasteiger charge is 2.09. The Morgan fingerprint density at radius 2 is 2.18 bits per heavy atom. The minimum absolute atomic E-state index is 0.0336. The summed E-state index contributed by atoms with van der Waals surface area (Å²) >= 11 is 5.82. The molecule has 1 aromatic carbocycles. The van der Waals surface area contributed by atoms with E-state index in [1.54, 1.807) is 13.2 Å². The normalized spacial score (nSPS) is 11.1. The number of aliphatic hydroxyl groups excluding tert-OH is 1. The van der Waals surface area contributed by atoms with Crippen LogP contribution in [0, 0.1) is 5.82 Å². The van der Waals surface area contributed by atoms with Crippen molar-refractivity contribution < 1.29 is 14.2 Å². The van der Waals surface area contributed by atoms with E-state index in [4.69, 9.17) is 21.4 Å². The van der Waals surface area contributed by atoms with Crippen LogP contribution in [-0.4, -0.2) is 43.4 Å². The lowest BCUT2D eigenvalue weighted by atomic mass is 10.2. The fourth-order valence-electron chi connectivity index (χ4n) is 1.54. The summed E-state index contributed by atoms with van der Waals surface area (Å²) < 4.78 is 18.5. The number of hydrogen-bond donors (Lipinski definition) is 1. The molecule has 0 aliphatic carbocycles. The molecule has 0 radical (unpaired) electrons. The summed E-state index contributed by atoms with van der Waals surface area (Å²) in [5.74, 6) is -0.283. The molecule has 0 saturated carbocycles. The molecular weight excluding hydrogens is 245 g/mol. The smallest absolute Gasteiger partial charge is 0.127 e. The predicted molar refractivity (Wildman–Crippen MR) is 65.6 cm³/mol. The van der Waals surface area contributed by atoms with Crippen molar-refractivity contribution in [3.05, 3.63) is 34.6 Å². The summed E-state index contributed by atoms with van der Waals surface area (Å²) in [7, 11) is 1.61. The second-order valence-corrected chi connectivity index (χ2v) is 4.16. The van der Waals surface area contributed by atoms with Crippen LogP contribution in [0.2, 0.25) is 5.02 Å². The van der Waals surface area contributed by atoms with Gasteiger partial charge in [0, 0.05) is 37.3 Å². The van der Waals surface area contributed by atoms with Crippen LogP contribution in [-0.2, 0) is 11.3 Å². The van der Waals surface area contributed by atoms with Gasteiger partial charge in [0.1, 0.15) is 5.82 Å². The van der Waals surface area contributed by atoms with Gasteiger partial charge in [0.15, 0.2) is 0 Å². The van der Waals surface area contributed by atoms with Crippen LogP contribution in [0.3, 0.4) is 0 Å². The Balaban J connectivity index is 2.67. The van der Waals surface area contributed by atoms with Crippen molar-refractivity contribution >= 4 is 11.6 Å². The molecule has 0 saturated heterocycles. The van der Waals surface area contributed by atoms with E-state index in [2.05, 4.69) is 0 Å². The van der Waals surface area contributed by atoms with E-state index in [-0.39, 0.29) is 12.4 Å². The second-order valence-electron chi connectivity index (χ2n) is 3.73. The lowest BCUT2D eigenvalue weighted by molar-refractivity contribution is 0.126.